The third kappa shape index (κ3) is 6.31. The van der Waals surface area contributed by atoms with Crippen LogP contribution >= 0.6 is 11.6 Å². The summed E-state index contributed by atoms with van der Waals surface area (Å²) in [6.45, 7) is 2.26. The fourth-order valence-corrected chi connectivity index (χ4v) is 4.94. The number of phenols is 1. The highest BCUT2D eigenvalue weighted by molar-refractivity contribution is 6.31. The van der Waals surface area contributed by atoms with Gasteiger partial charge in [0.1, 0.15) is 12.1 Å². The zero-order valence-electron chi connectivity index (χ0n) is 19.9. The largest absolute Gasteiger partial charge is 0.504 e. The van der Waals surface area contributed by atoms with Crippen LogP contribution in [0.3, 0.4) is 0 Å². The monoisotopic (exact) mass is 502 g/mol. The number of aliphatic hydroxyl groups is 1. The number of aromatic nitrogens is 2. The van der Waals surface area contributed by atoms with Crippen molar-refractivity contribution in [2.45, 2.75) is 57.1 Å². The quantitative estimate of drug-likeness (QED) is 0.424. The number of ether oxygens (including phenoxy) is 1. The molecule has 9 heteroatoms. The molecule has 0 spiro atoms. The number of piperidine rings is 1. The van der Waals surface area contributed by atoms with Crippen LogP contribution in [-0.2, 0) is 0 Å². The van der Waals surface area contributed by atoms with Gasteiger partial charge in [-0.25, -0.2) is 14.4 Å². The Morgan fingerprint density at radius 1 is 1.09 bits per heavy atom. The molecule has 1 aliphatic heterocycles. The molecule has 5 rings (SSSR count). The van der Waals surface area contributed by atoms with Crippen molar-refractivity contribution in [1.29, 1.82) is 0 Å². The van der Waals surface area contributed by atoms with Crippen molar-refractivity contribution < 1.29 is 19.3 Å². The standard InChI is InChI=1S/C15H11ClFN3O2.C11H21NO/c1-22-13-6-11-8(5-12(13)21)15(19-7-18-11)20-10-4-2-3-9(16)14(10)17;13-11-6-8-12(9-7-11)10-4-2-1-3-5-10/h2-7,21H,1H3,(H,18,19,20);10-11,13H,1-9H2. The predicted octanol–water partition coefficient (Wildman–Crippen LogP) is 5.66. The van der Waals surface area contributed by atoms with Gasteiger partial charge in [0.25, 0.3) is 0 Å². The van der Waals surface area contributed by atoms with Gasteiger partial charge in [0.15, 0.2) is 17.3 Å². The number of benzene rings is 2. The highest BCUT2D eigenvalue weighted by Gasteiger charge is 2.24. The van der Waals surface area contributed by atoms with Crippen LogP contribution in [0, 0.1) is 5.82 Å². The van der Waals surface area contributed by atoms with Gasteiger partial charge in [0, 0.05) is 30.6 Å². The van der Waals surface area contributed by atoms with E-state index < -0.39 is 5.82 Å². The second-order valence-electron chi connectivity index (χ2n) is 9.05. The van der Waals surface area contributed by atoms with Gasteiger partial charge in [-0.1, -0.05) is 36.9 Å². The van der Waals surface area contributed by atoms with E-state index in [1.54, 1.807) is 18.2 Å². The molecule has 35 heavy (non-hydrogen) atoms. The fraction of sp³-hybridized carbons (Fsp3) is 0.462. The lowest BCUT2D eigenvalue weighted by Gasteiger charge is -2.38. The molecule has 2 heterocycles. The summed E-state index contributed by atoms with van der Waals surface area (Å²) in [6.07, 6.45) is 10.4. The van der Waals surface area contributed by atoms with E-state index in [1.165, 1.54) is 57.7 Å². The summed E-state index contributed by atoms with van der Waals surface area (Å²) in [7, 11) is 1.45. The van der Waals surface area contributed by atoms with Crippen LogP contribution in [0.1, 0.15) is 44.9 Å². The molecular formula is C26H32ClFN4O3. The molecule has 188 valence electrons. The summed E-state index contributed by atoms with van der Waals surface area (Å²) >= 11 is 5.76. The van der Waals surface area contributed by atoms with Gasteiger partial charge in [-0.2, -0.15) is 0 Å². The smallest absolute Gasteiger partial charge is 0.165 e. The van der Waals surface area contributed by atoms with Crippen molar-refractivity contribution in [2.24, 2.45) is 0 Å². The molecular weight excluding hydrogens is 471 g/mol. The first-order valence-corrected chi connectivity index (χ1v) is 12.5. The number of rotatable bonds is 4. The van der Waals surface area contributed by atoms with Crippen LogP contribution in [0.5, 0.6) is 11.5 Å². The maximum absolute atomic E-state index is 14.0. The predicted molar refractivity (Wildman–Crippen MR) is 136 cm³/mol. The van der Waals surface area contributed by atoms with Gasteiger partial charge < -0.3 is 25.2 Å². The summed E-state index contributed by atoms with van der Waals surface area (Å²) in [5.41, 5.74) is 0.734. The van der Waals surface area contributed by atoms with Crippen molar-refractivity contribution in [3.05, 3.63) is 47.5 Å². The molecule has 1 saturated heterocycles. The molecule has 0 unspecified atom stereocenters. The molecule has 1 aromatic heterocycles. The molecule has 3 N–H and O–H groups in total. The van der Waals surface area contributed by atoms with Crippen molar-refractivity contribution in [1.82, 2.24) is 14.9 Å². The molecule has 0 atom stereocenters. The number of hydrogen-bond acceptors (Lipinski definition) is 7. The number of fused-ring (bicyclic) bond motifs is 1. The van der Waals surface area contributed by atoms with Crippen molar-refractivity contribution in [3.63, 3.8) is 0 Å². The van der Waals surface area contributed by atoms with E-state index in [9.17, 15) is 14.6 Å². The lowest BCUT2D eigenvalue weighted by atomic mass is 9.92. The third-order valence-corrected chi connectivity index (χ3v) is 7.02. The second-order valence-corrected chi connectivity index (χ2v) is 9.46. The van der Waals surface area contributed by atoms with E-state index in [0.29, 0.717) is 22.5 Å². The summed E-state index contributed by atoms with van der Waals surface area (Å²) in [5.74, 6) is 0.0169. The van der Waals surface area contributed by atoms with Gasteiger partial charge in [0.2, 0.25) is 0 Å². The Balaban J connectivity index is 0.000000189. The second kappa shape index (κ2) is 11.8. The Morgan fingerprint density at radius 3 is 2.54 bits per heavy atom. The Kier molecular flexibility index (Phi) is 8.59. The van der Waals surface area contributed by atoms with Crippen LogP contribution in [0.25, 0.3) is 10.9 Å². The number of hydrogen-bond donors (Lipinski definition) is 3. The SMILES string of the molecule is COc1cc2ncnc(Nc3cccc(Cl)c3F)c2cc1O.OC1CCN(C2CCCCC2)CC1. The number of methoxy groups -OCH3 is 1. The molecule has 0 amide bonds. The maximum atomic E-state index is 14.0. The minimum Gasteiger partial charge on any atom is -0.504 e. The first kappa shape index (κ1) is 25.4. The topological polar surface area (TPSA) is 90.7 Å². The molecule has 7 nitrogen and oxygen atoms in total. The minimum atomic E-state index is -0.575. The van der Waals surface area contributed by atoms with Crippen molar-refractivity contribution in [2.75, 3.05) is 25.5 Å². The number of anilines is 2. The normalized spacial score (nSPS) is 17.6. The minimum absolute atomic E-state index is 0.00729. The summed E-state index contributed by atoms with van der Waals surface area (Å²) in [4.78, 5) is 10.8. The van der Waals surface area contributed by atoms with Crippen LogP contribution in [0.15, 0.2) is 36.7 Å². The van der Waals surface area contributed by atoms with Crippen molar-refractivity contribution in [3.8, 4) is 11.5 Å². The first-order valence-electron chi connectivity index (χ1n) is 12.1. The van der Waals surface area contributed by atoms with Crippen LogP contribution in [-0.4, -0.2) is 57.4 Å². The van der Waals surface area contributed by atoms with Gasteiger partial charge in [-0.15, -0.1) is 0 Å². The van der Waals surface area contributed by atoms with Gasteiger partial charge >= 0.3 is 0 Å². The van der Waals surface area contributed by atoms with Crippen molar-refractivity contribution >= 4 is 34.0 Å². The Bertz CT molecular complexity index is 1140. The van der Waals surface area contributed by atoms with Gasteiger partial charge in [-0.3, -0.25) is 0 Å². The number of nitrogens with one attached hydrogen (secondary N) is 1. The lowest BCUT2D eigenvalue weighted by Crippen LogP contribution is -2.43. The molecule has 1 aliphatic carbocycles. The number of phenolic OH excluding ortho intramolecular Hbond substituents is 1. The number of likely N-dealkylation sites (tertiary alicyclic amines) is 1. The number of nitrogens with zero attached hydrogens (tertiary/aromatic N) is 3. The van der Waals surface area contributed by atoms with Gasteiger partial charge in [0.05, 0.1) is 29.4 Å². The number of aromatic hydroxyl groups is 1. The zero-order chi connectivity index (χ0) is 24.8. The Labute approximate surface area is 209 Å². The van der Waals surface area contributed by atoms with E-state index in [4.69, 9.17) is 16.3 Å². The Hall–Kier alpha value is -2.68. The van der Waals surface area contributed by atoms with E-state index >= 15 is 0 Å². The van der Waals surface area contributed by atoms with Crippen LogP contribution < -0.4 is 10.1 Å². The van der Waals surface area contributed by atoms with E-state index in [-0.39, 0.29) is 22.6 Å². The van der Waals surface area contributed by atoms with Gasteiger partial charge in [-0.05, 0) is 43.9 Å². The van der Waals surface area contributed by atoms with E-state index in [1.807, 2.05) is 0 Å². The zero-order valence-corrected chi connectivity index (χ0v) is 20.6. The highest BCUT2D eigenvalue weighted by atomic mass is 35.5. The highest BCUT2D eigenvalue weighted by Crippen LogP contribution is 2.34. The van der Waals surface area contributed by atoms with E-state index in [0.717, 1.165) is 32.0 Å². The molecule has 0 radical (unpaired) electrons. The molecule has 1 saturated carbocycles. The van der Waals surface area contributed by atoms with Crippen LogP contribution in [0.4, 0.5) is 15.9 Å². The van der Waals surface area contributed by atoms with Crippen LogP contribution in [0.2, 0.25) is 5.02 Å². The molecule has 2 aliphatic rings. The molecule has 2 fully saturated rings. The fourth-order valence-electron chi connectivity index (χ4n) is 4.76. The molecule has 3 aromatic rings. The average Bonchev–Trinajstić information content (AvgIpc) is 2.88. The maximum Gasteiger partial charge on any atom is 0.165 e. The summed E-state index contributed by atoms with van der Waals surface area (Å²) in [5, 5.41) is 22.7. The first-order chi connectivity index (χ1) is 17.0. The number of aliphatic hydroxyl groups excluding tert-OH is 1. The molecule has 0 bridgehead atoms. The summed E-state index contributed by atoms with van der Waals surface area (Å²) in [6, 6.07) is 8.50. The lowest BCUT2D eigenvalue weighted by molar-refractivity contribution is 0.0505. The third-order valence-electron chi connectivity index (χ3n) is 6.73. The average molecular weight is 503 g/mol. The summed E-state index contributed by atoms with van der Waals surface area (Å²) < 4.78 is 19.0. The van der Waals surface area contributed by atoms with E-state index in [2.05, 4.69) is 20.2 Å². The Morgan fingerprint density at radius 2 is 1.83 bits per heavy atom. The number of halogens is 2. The molecule has 2 aromatic carbocycles.